The summed E-state index contributed by atoms with van der Waals surface area (Å²) in [7, 11) is 4.31. The van der Waals surface area contributed by atoms with E-state index >= 15 is 0 Å². The van der Waals surface area contributed by atoms with E-state index in [0.29, 0.717) is 0 Å². The Morgan fingerprint density at radius 1 is 0.581 bits per heavy atom. The molecule has 0 amide bonds. The highest BCUT2D eigenvalue weighted by Crippen LogP contribution is 2.37. The molecule has 0 N–H and O–H groups in total. The summed E-state index contributed by atoms with van der Waals surface area (Å²) in [6.45, 7) is 20.5. The fourth-order valence-corrected chi connectivity index (χ4v) is 4.54. The SMILES string of the molecule is Cc1cc(C)c(-c2cc(C(C)(C)C)cc[n+]2C)c(C)c1-c1cc(C(C)(C)C)cc[n+]1C. The number of hydrogen-bond acceptors (Lipinski definition) is 0. The lowest BCUT2D eigenvalue weighted by Crippen LogP contribution is -2.33. The summed E-state index contributed by atoms with van der Waals surface area (Å²) in [6, 6.07) is 11.6. The molecule has 31 heavy (non-hydrogen) atoms. The molecule has 0 aliphatic rings. The number of benzene rings is 1. The molecule has 0 unspecified atom stereocenters. The Kier molecular flexibility index (Phi) is 5.90. The normalized spacial score (nSPS) is 12.4. The molecule has 0 aliphatic heterocycles. The van der Waals surface area contributed by atoms with Crippen molar-refractivity contribution in [1.29, 1.82) is 0 Å². The second kappa shape index (κ2) is 7.89. The lowest BCUT2D eigenvalue weighted by molar-refractivity contribution is -0.660. The number of rotatable bonds is 2. The van der Waals surface area contributed by atoms with E-state index in [0.717, 1.165) is 0 Å². The first-order chi connectivity index (χ1) is 14.2. The van der Waals surface area contributed by atoms with Crippen LogP contribution in [0.4, 0.5) is 0 Å². The summed E-state index contributed by atoms with van der Waals surface area (Å²) in [5.41, 5.74) is 12.2. The van der Waals surface area contributed by atoms with E-state index in [1.165, 1.54) is 50.3 Å². The standard InChI is InChI=1S/C29H40N2/c1-19-16-20(2)27(25-18-23(29(7,8)9)13-15-31(25)11)21(3)26(19)24-17-22(28(4,5)6)12-14-30(24)10/h12-18H,1-11H3/q+2. The summed E-state index contributed by atoms with van der Waals surface area (Å²) >= 11 is 0. The fraction of sp³-hybridized carbons (Fsp3) is 0.448. The van der Waals surface area contributed by atoms with Crippen LogP contribution in [0.3, 0.4) is 0 Å². The maximum Gasteiger partial charge on any atom is 0.213 e. The van der Waals surface area contributed by atoms with Crippen molar-refractivity contribution >= 4 is 0 Å². The highest BCUT2D eigenvalue weighted by molar-refractivity contribution is 5.78. The topological polar surface area (TPSA) is 7.76 Å². The van der Waals surface area contributed by atoms with Crippen LogP contribution < -0.4 is 9.13 Å². The van der Waals surface area contributed by atoms with Gasteiger partial charge in [-0.1, -0.05) is 47.6 Å². The first-order valence-electron chi connectivity index (χ1n) is 11.3. The van der Waals surface area contributed by atoms with E-state index in [1.54, 1.807) is 0 Å². The zero-order valence-corrected chi connectivity index (χ0v) is 21.4. The Balaban J connectivity index is 2.34. The molecule has 0 bridgehead atoms. The maximum atomic E-state index is 2.38. The third-order valence-electron chi connectivity index (χ3n) is 6.52. The molecule has 0 spiro atoms. The predicted octanol–water partition coefficient (Wildman–Crippen LogP) is 6.19. The molecule has 0 aliphatic carbocycles. The molecule has 0 saturated carbocycles. The van der Waals surface area contributed by atoms with Gasteiger partial charge in [0.05, 0.1) is 11.1 Å². The van der Waals surface area contributed by atoms with Gasteiger partial charge in [0.15, 0.2) is 12.4 Å². The smallest absolute Gasteiger partial charge is 0.201 e. The first kappa shape index (κ1) is 23.2. The molecule has 1 aromatic carbocycles. The van der Waals surface area contributed by atoms with Gasteiger partial charge in [-0.15, -0.1) is 0 Å². The van der Waals surface area contributed by atoms with Gasteiger partial charge in [-0.05, 0) is 59.4 Å². The van der Waals surface area contributed by atoms with Crippen LogP contribution >= 0.6 is 0 Å². The van der Waals surface area contributed by atoms with E-state index in [9.17, 15) is 0 Å². The first-order valence-corrected chi connectivity index (χ1v) is 11.3. The van der Waals surface area contributed by atoms with Crippen molar-refractivity contribution in [3.8, 4) is 22.5 Å². The Bertz CT molecular complexity index is 1050. The molecular formula is C29H40N2+2. The Labute approximate surface area is 189 Å². The van der Waals surface area contributed by atoms with Crippen LogP contribution in [0.1, 0.15) is 69.4 Å². The van der Waals surface area contributed by atoms with Gasteiger partial charge in [-0.3, -0.25) is 0 Å². The third-order valence-corrected chi connectivity index (χ3v) is 6.52. The monoisotopic (exact) mass is 416 g/mol. The molecular weight excluding hydrogens is 376 g/mol. The van der Waals surface area contributed by atoms with Crippen LogP contribution in [-0.2, 0) is 24.9 Å². The minimum atomic E-state index is 0.117. The molecule has 164 valence electrons. The van der Waals surface area contributed by atoms with Gasteiger partial charge in [0, 0.05) is 24.3 Å². The summed E-state index contributed by atoms with van der Waals surface area (Å²) in [6.07, 6.45) is 4.41. The van der Waals surface area contributed by atoms with Crippen molar-refractivity contribution in [2.45, 2.75) is 73.1 Å². The van der Waals surface area contributed by atoms with Crippen LogP contribution in [0.5, 0.6) is 0 Å². The Morgan fingerprint density at radius 3 is 1.26 bits per heavy atom. The average Bonchev–Trinajstić information content (AvgIpc) is 2.62. The second-order valence-corrected chi connectivity index (χ2v) is 11.2. The molecule has 2 heteroatoms. The van der Waals surface area contributed by atoms with Crippen molar-refractivity contribution in [3.63, 3.8) is 0 Å². The largest absolute Gasteiger partial charge is 0.213 e. The maximum absolute atomic E-state index is 2.38. The van der Waals surface area contributed by atoms with Gasteiger partial charge >= 0.3 is 0 Å². The van der Waals surface area contributed by atoms with E-state index in [4.69, 9.17) is 0 Å². The number of hydrogen-bond donors (Lipinski definition) is 0. The van der Waals surface area contributed by atoms with Gasteiger partial charge in [0.2, 0.25) is 11.4 Å². The summed E-state index contributed by atoms with van der Waals surface area (Å²) < 4.78 is 4.52. The van der Waals surface area contributed by atoms with Crippen LogP contribution in [0.2, 0.25) is 0 Å². The summed E-state index contributed by atoms with van der Waals surface area (Å²) in [5, 5.41) is 0. The molecule has 3 aromatic rings. The van der Waals surface area contributed by atoms with Crippen molar-refractivity contribution in [2.24, 2.45) is 14.1 Å². The van der Waals surface area contributed by atoms with Crippen molar-refractivity contribution < 1.29 is 9.13 Å². The summed E-state index contributed by atoms with van der Waals surface area (Å²) in [4.78, 5) is 0. The van der Waals surface area contributed by atoms with E-state index in [2.05, 4.69) is 128 Å². The van der Waals surface area contributed by atoms with Gasteiger partial charge < -0.3 is 0 Å². The van der Waals surface area contributed by atoms with E-state index in [1.807, 2.05) is 0 Å². The lowest BCUT2D eigenvalue weighted by atomic mass is 9.83. The molecule has 2 nitrogen and oxygen atoms in total. The average molecular weight is 417 g/mol. The van der Waals surface area contributed by atoms with Crippen molar-refractivity contribution in [2.75, 3.05) is 0 Å². The zero-order valence-electron chi connectivity index (χ0n) is 21.4. The molecule has 2 aromatic heterocycles. The minimum Gasteiger partial charge on any atom is -0.201 e. The second-order valence-electron chi connectivity index (χ2n) is 11.2. The number of pyridine rings is 2. The highest BCUT2D eigenvalue weighted by Gasteiger charge is 2.27. The van der Waals surface area contributed by atoms with Crippen molar-refractivity contribution in [1.82, 2.24) is 0 Å². The molecule has 0 radical (unpaired) electrons. The fourth-order valence-electron chi connectivity index (χ4n) is 4.54. The van der Waals surface area contributed by atoms with Gasteiger partial charge in [-0.25, -0.2) is 9.13 Å². The Hall–Kier alpha value is -2.48. The summed E-state index contributed by atoms with van der Waals surface area (Å²) in [5.74, 6) is 0. The quantitative estimate of drug-likeness (QED) is 0.440. The van der Waals surface area contributed by atoms with Gasteiger partial charge in [0.25, 0.3) is 0 Å². The molecule has 0 atom stereocenters. The lowest BCUT2D eigenvalue weighted by Gasteiger charge is -2.21. The predicted molar refractivity (Wildman–Crippen MR) is 131 cm³/mol. The molecule has 0 fully saturated rings. The third kappa shape index (κ3) is 4.44. The van der Waals surface area contributed by atoms with Gasteiger partial charge in [0.1, 0.15) is 14.1 Å². The van der Waals surface area contributed by atoms with Crippen LogP contribution in [0.25, 0.3) is 22.5 Å². The molecule has 2 heterocycles. The number of nitrogens with zero attached hydrogens (tertiary/aromatic N) is 2. The molecule has 3 rings (SSSR count). The van der Waals surface area contributed by atoms with Gasteiger partial charge in [-0.2, -0.15) is 0 Å². The van der Waals surface area contributed by atoms with Crippen LogP contribution in [0.15, 0.2) is 42.7 Å². The van der Waals surface area contributed by atoms with E-state index < -0.39 is 0 Å². The van der Waals surface area contributed by atoms with Crippen LogP contribution in [0, 0.1) is 20.8 Å². The minimum absolute atomic E-state index is 0.117. The zero-order chi connectivity index (χ0) is 23.3. The van der Waals surface area contributed by atoms with Crippen LogP contribution in [-0.4, -0.2) is 0 Å². The van der Waals surface area contributed by atoms with Crippen molar-refractivity contribution in [3.05, 3.63) is 70.5 Å². The Morgan fingerprint density at radius 2 is 0.935 bits per heavy atom. The number of aryl methyl sites for hydroxylation is 4. The molecule has 0 saturated heterocycles. The highest BCUT2D eigenvalue weighted by atomic mass is 14.9. The number of aromatic nitrogens is 2. The van der Waals surface area contributed by atoms with E-state index in [-0.39, 0.29) is 10.8 Å².